The van der Waals surface area contributed by atoms with Gasteiger partial charge in [0.25, 0.3) is 0 Å². The molecule has 0 amide bonds. The molecule has 5 heteroatoms. The van der Waals surface area contributed by atoms with E-state index < -0.39 is 11.9 Å². The maximum atomic E-state index is 12.5. The number of aldehydes is 1. The highest BCUT2D eigenvalue weighted by atomic mass is 16.5. The Labute approximate surface area is 140 Å². The summed E-state index contributed by atoms with van der Waals surface area (Å²) in [6.45, 7) is 5.13. The Hall–Kier alpha value is -2.95. The topological polar surface area (TPSA) is 69.7 Å². The largest absolute Gasteiger partial charge is 0.426 e. The van der Waals surface area contributed by atoms with E-state index in [2.05, 4.69) is 0 Å². The summed E-state index contributed by atoms with van der Waals surface area (Å²) in [7, 11) is 0. The van der Waals surface area contributed by atoms with Crippen molar-refractivity contribution in [1.82, 2.24) is 0 Å². The van der Waals surface area contributed by atoms with E-state index >= 15 is 0 Å². The molecule has 0 saturated carbocycles. The van der Waals surface area contributed by atoms with Crippen LogP contribution in [-0.4, -0.2) is 18.2 Å². The van der Waals surface area contributed by atoms with Crippen LogP contribution in [-0.2, 0) is 4.79 Å². The highest BCUT2D eigenvalue weighted by Crippen LogP contribution is 2.31. The van der Waals surface area contributed by atoms with Gasteiger partial charge in [0.15, 0.2) is 6.29 Å². The van der Waals surface area contributed by atoms with E-state index in [4.69, 9.17) is 9.47 Å². The van der Waals surface area contributed by atoms with Gasteiger partial charge in [0.05, 0.1) is 5.56 Å². The molecule has 0 N–H and O–H groups in total. The van der Waals surface area contributed by atoms with Crippen LogP contribution < -0.4 is 9.47 Å². The molecule has 2 aromatic carbocycles. The average molecular weight is 326 g/mol. The highest BCUT2D eigenvalue weighted by Gasteiger charge is 2.20. The Balaban J connectivity index is 2.41. The van der Waals surface area contributed by atoms with E-state index in [1.165, 1.54) is 19.1 Å². The molecule has 0 unspecified atom stereocenters. The number of benzene rings is 2. The van der Waals surface area contributed by atoms with Gasteiger partial charge in [-0.3, -0.25) is 9.59 Å². The number of ether oxygens (including phenoxy) is 2. The molecule has 2 aromatic rings. The summed E-state index contributed by atoms with van der Waals surface area (Å²) in [4.78, 5) is 35.0. The quantitative estimate of drug-likeness (QED) is 0.475. The van der Waals surface area contributed by atoms with Gasteiger partial charge in [-0.15, -0.1) is 0 Å². The number of esters is 2. The Morgan fingerprint density at radius 3 is 2.33 bits per heavy atom. The minimum Gasteiger partial charge on any atom is -0.426 e. The minimum absolute atomic E-state index is 0.0661. The van der Waals surface area contributed by atoms with E-state index in [9.17, 15) is 14.4 Å². The standard InChI is InChI=1S/C19H18O5/c1-12(2)15-9-6-7-14(11-20)18(15)24-19(22)16-8-4-5-10-17(16)23-13(3)21/h4-12H,1-3H3. The lowest BCUT2D eigenvalue weighted by Gasteiger charge is -2.15. The van der Waals surface area contributed by atoms with Gasteiger partial charge < -0.3 is 9.47 Å². The van der Waals surface area contributed by atoms with Crippen molar-refractivity contribution >= 4 is 18.2 Å². The smallest absolute Gasteiger partial charge is 0.347 e. The summed E-state index contributed by atoms with van der Waals surface area (Å²) in [5.74, 6) is -0.819. The Bertz CT molecular complexity index is 777. The number of rotatable bonds is 5. The first-order valence-electron chi connectivity index (χ1n) is 7.51. The van der Waals surface area contributed by atoms with Gasteiger partial charge in [0.1, 0.15) is 17.1 Å². The van der Waals surface area contributed by atoms with Gasteiger partial charge in [-0.2, -0.15) is 0 Å². The molecular formula is C19H18O5. The number of carbonyl (C=O) groups is 3. The van der Waals surface area contributed by atoms with Crippen LogP contribution in [0.2, 0.25) is 0 Å². The minimum atomic E-state index is -0.692. The fraction of sp³-hybridized carbons (Fsp3) is 0.211. The monoisotopic (exact) mass is 326 g/mol. The molecule has 5 nitrogen and oxygen atoms in total. The molecule has 0 atom stereocenters. The normalized spacial score (nSPS) is 10.3. The SMILES string of the molecule is CC(=O)Oc1ccccc1C(=O)Oc1c(C=O)cccc1C(C)C. The van der Waals surface area contributed by atoms with Crippen molar-refractivity contribution in [1.29, 1.82) is 0 Å². The molecule has 0 spiro atoms. The molecule has 24 heavy (non-hydrogen) atoms. The van der Waals surface area contributed by atoms with Crippen molar-refractivity contribution in [2.75, 3.05) is 0 Å². The third kappa shape index (κ3) is 3.87. The summed E-state index contributed by atoms with van der Waals surface area (Å²) in [5, 5.41) is 0. The van der Waals surface area contributed by atoms with Crippen LogP contribution in [0.3, 0.4) is 0 Å². The highest BCUT2D eigenvalue weighted by molar-refractivity contribution is 5.96. The summed E-state index contributed by atoms with van der Waals surface area (Å²) in [6, 6.07) is 11.4. The molecule has 0 bridgehead atoms. The van der Waals surface area contributed by atoms with Crippen LogP contribution in [0.1, 0.15) is 53.0 Å². The Kier molecular flexibility index (Phi) is 5.47. The molecule has 0 aliphatic heterocycles. The molecule has 0 radical (unpaired) electrons. The number of hydrogen-bond donors (Lipinski definition) is 0. The predicted molar refractivity (Wildman–Crippen MR) is 88.6 cm³/mol. The van der Waals surface area contributed by atoms with Gasteiger partial charge in [0, 0.05) is 6.92 Å². The fourth-order valence-electron chi connectivity index (χ4n) is 2.27. The third-order valence-corrected chi connectivity index (χ3v) is 3.38. The molecule has 0 aliphatic rings. The second kappa shape index (κ2) is 7.55. The summed E-state index contributed by atoms with van der Waals surface area (Å²) >= 11 is 0. The van der Waals surface area contributed by atoms with E-state index in [0.717, 1.165) is 5.56 Å². The maximum Gasteiger partial charge on any atom is 0.347 e. The maximum absolute atomic E-state index is 12.5. The van der Waals surface area contributed by atoms with Crippen LogP contribution in [0.25, 0.3) is 0 Å². The van der Waals surface area contributed by atoms with E-state index in [-0.39, 0.29) is 23.0 Å². The first kappa shape index (κ1) is 17.4. The van der Waals surface area contributed by atoms with E-state index in [1.54, 1.807) is 30.3 Å². The van der Waals surface area contributed by atoms with Crippen molar-refractivity contribution < 1.29 is 23.9 Å². The first-order chi connectivity index (χ1) is 11.4. The lowest BCUT2D eigenvalue weighted by atomic mass is 9.99. The summed E-state index contributed by atoms with van der Waals surface area (Å²) in [6.07, 6.45) is 0.645. The molecule has 0 fully saturated rings. The summed E-state index contributed by atoms with van der Waals surface area (Å²) < 4.78 is 10.5. The van der Waals surface area contributed by atoms with Crippen molar-refractivity contribution in [3.63, 3.8) is 0 Å². The first-order valence-corrected chi connectivity index (χ1v) is 7.51. The van der Waals surface area contributed by atoms with E-state index in [1.807, 2.05) is 13.8 Å². The summed E-state index contributed by atoms with van der Waals surface area (Å²) in [5.41, 5.74) is 1.15. The molecule has 2 rings (SSSR count). The zero-order chi connectivity index (χ0) is 17.7. The molecule has 0 aromatic heterocycles. The number of hydrogen-bond acceptors (Lipinski definition) is 5. The fourth-order valence-corrected chi connectivity index (χ4v) is 2.27. The van der Waals surface area contributed by atoms with Crippen LogP contribution in [0.5, 0.6) is 11.5 Å². The number of carbonyl (C=O) groups excluding carboxylic acids is 3. The van der Waals surface area contributed by atoms with Gasteiger partial charge in [0.2, 0.25) is 0 Å². The molecule has 0 saturated heterocycles. The lowest BCUT2D eigenvalue weighted by molar-refractivity contribution is -0.131. The van der Waals surface area contributed by atoms with Crippen LogP contribution in [0.4, 0.5) is 0 Å². The predicted octanol–water partition coefficient (Wildman–Crippen LogP) is 3.77. The van der Waals surface area contributed by atoms with Crippen molar-refractivity contribution in [2.24, 2.45) is 0 Å². The van der Waals surface area contributed by atoms with Crippen molar-refractivity contribution in [3.8, 4) is 11.5 Å². The van der Waals surface area contributed by atoms with Gasteiger partial charge >= 0.3 is 11.9 Å². The zero-order valence-corrected chi connectivity index (χ0v) is 13.7. The van der Waals surface area contributed by atoms with Gasteiger partial charge in [-0.05, 0) is 29.7 Å². The lowest BCUT2D eigenvalue weighted by Crippen LogP contribution is -2.14. The molecule has 0 aliphatic carbocycles. The van der Waals surface area contributed by atoms with Gasteiger partial charge in [-0.25, -0.2) is 4.79 Å². The van der Waals surface area contributed by atoms with Crippen LogP contribution in [0.15, 0.2) is 42.5 Å². The molecular weight excluding hydrogens is 308 g/mol. The second-order valence-corrected chi connectivity index (χ2v) is 5.52. The Morgan fingerprint density at radius 2 is 1.71 bits per heavy atom. The molecule has 124 valence electrons. The second-order valence-electron chi connectivity index (χ2n) is 5.52. The third-order valence-electron chi connectivity index (χ3n) is 3.38. The number of para-hydroxylation sites is 2. The van der Waals surface area contributed by atoms with Crippen LogP contribution in [0, 0.1) is 0 Å². The van der Waals surface area contributed by atoms with Crippen molar-refractivity contribution in [2.45, 2.75) is 26.7 Å². The zero-order valence-electron chi connectivity index (χ0n) is 13.7. The Morgan fingerprint density at radius 1 is 1.00 bits per heavy atom. The van der Waals surface area contributed by atoms with Crippen molar-refractivity contribution in [3.05, 3.63) is 59.2 Å². The van der Waals surface area contributed by atoms with E-state index in [0.29, 0.717) is 11.8 Å². The van der Waals surface area contributed by atoms with Gasteiger partial charge in [-0.1, -0.05) is 38.1 Å². The average Bonchev–Trinajstić information content (AvgIpc) is 2.54. The molecule has 0 heterocycles. The van der Waals surface area contributed by atoms with Crippen LogP contribution >= 0.6 is 0 Å².